The number of rotatable bonds is 16. The minimum atomic E-state index is -0.309. The van der Waals surface area contributed by atoms with E-state index in [1.54, 1.807) is 14.2 Å². The Hall–Kier alpha value is -3.12. The molecule has 2 aromatic rings. The highest BCUT2D eigenvalue weighted by Gasteiger charge is 2.41. The van der Waals surface area contributed by atoms with Crippen LogP contribution < -0.4 is 9.47 Å². The zero-order chi connectivity index (χ0) is 29.0. The zero-order valence-corrected chi connectivity index (χ0v) is 25.1. The van der Waals surface area contributed by atoms with Gasteiger partial charge in [0.1, 0.15) is 11.5 Å². The molecule has 41 heavy (non-hydrogen) atoms. The minimum absolute atomic E-state index is 0.0727. The maximum atomic E-state index is 6.24. The highest BCUT2D eigenvalue weighted by atomic mass is 16.5. The third-order valence-electron chi connectivity index (χ3n) is 8.24. The van der Waals surface area contributed by atoms with Gasteiger partial charge in [-0.15, -0.1) is 0 Å². The fourth-order valence-electron chi connectivity index (χ4n) is 6.40. The molecule has 220 valence electrons. The SMILES string of the molecule is CCOc1ccccc1C1(CCCOCCCC2(c3ccccc3OCC)C=CC=CC2OC)C=CC=CC1OC. The predicted octanol–water partition coefficient (Wildman–Crippen LogP) is 7.52. The molecule has 4 unspecified atom stereocenters. The lowest BCUT2D eigenvalue weighted by atomic mass is 9.69. The van der Waals surface area contributed by atoms with Crippen LogP contribution in [0.1, 0.15) is 50.7 Å². The number of benzene rings is 2. The molecule has 0 heterocycles. The van der Waals surface area contributed by atoms with E-state index in [0.717, 1.165) is 48.3 Å². The molecular weight excluding hydrogens is 512 g/mol. The van der Waals surface area contributed by atoms with Crippen molar-refractivity contribution in [2.45, 2.75) is 62.6 Å². The third-order valence-corrected chi connectivity index (χ3v) is 8.24. The molecule has 2 aliphatic carbocycles. The van der Waals surface area contributed by atoms with Gasteiger partial charge in [-0.2, -0.15) is 0 Å². The number of hydrogen-bond acceptors (Lipinski definition) is 5. The Kier molecular flexibility index (Phi) is 11.4. The summed E-state index contributed by atoms with van der Waals surface area (Å²) in [5.74, 6) is 1.83. The van der Waals surface area contributed by atoms with E-state index in [0.29, 0.717) is 26.4 Å². The van der Waals surface area contributed by atoms with Gasteiger partial charge in [-0.05, 0) is 51.7 Å². The molecule has 0 spiro atoms. The number of methoxy groups -OCH3 is 2. The summed E-state index contributed by atoms with van der Waals surface area (Å²) in [6, 6.07) is 16.7. The first-order valence-electron chi connectivity index (χ1n) is 14.9. The molecule has 0 saturated heterocycles. The molecule has 0 amide bonds. The molecule has 0 fully saturated rings. The van der Waals surface area contributed by atoms with Crippen LogP contribution in [-0.2, 0) is 25.0 Å². The van der Waals surface area contributed by atoms with Crippen molar-refractivity contribution in [1.82, 2.24) is 0 Å². The largest absolute Gasteiger partial charge is 0.494 e. The first-order chi connectivity index (χ1) is 20.1. The van der Waals surface area contributed by atoms with E-state index in [1.807, 2.05) is 26.0 Å². The number of ether oxygens (including phenoxy) is 5. The minimum Gasteiger partial charge on any atom is -0.494 e. The summed E-state index contributed by atoms with van der Waals surface area (Å²) in [6.45, 7) is 6.65. The van der Waals surface area contributed by atoms with Crippen molar-refractivity contribution < 1.29 is 23.7 Å². The van der Waals surface area contributed by atoms with Gasteiger partial charge in [0.05, 0.1) is 25.4 Å². The van der Waals surface area contributed by atoms with Crippen LogP contribution in [0.4, 0.5) is 0 Å². The van der Waals surface area contributed by atoms with Crippen LogP contribution in [0.5, 0.6) is 11.5 Å². The van der Waals surface area contributed by atoms with Gasteiger partial charge in [0, 0.05) is 49.4 Å². The Bertz CT molecular complexity index is 1120. The maximum absolute atomic E-state index is 6.24. The Morgan fingerprint density at radius 2 is 1.05 bits per heavy atom. The molecule has 0 bridgehead atoms. The first-order valence-corrected chi connectivity index (χ1v) is 14.9. The summed E-state index contributed by atoms with van der Waals surface area (Å²) in [7, 11) is 3.56. The standard InChI is InChI=1S/C36H46O5/c1-5-40-31-19-9-7-17-29(31)35(23-13-11-21-33(35)37-3)25-15-27-39-28-16-26-36(24-14-12-22-34(36)38-4)30-18-8-10-20-32(30)41-6-2/h7-14,17-24,33-34H,5-6,15-16,25-28H2,1-4H3. The lowest BCUT2D eigenvalue weighted by Gasteiger charge is -2.39. The second kappa shape index (κ2) is 15.2. The van der Waals surface area contributed by atoms with E-state index >= 15 is 0 Å². The molecule has 0 saturated carbocycles. The van der Waals surface area contributed by atoms with Crippen LogP contribution in [0.3, 0.4) is 0 Å². The van der Waals surface area contributed by atoms with Crippen molar-refractivity contribution >= 4 is 0 Å². The van der Waals surface area contributed by atoms with E-state index in [2.05, 4.69) is 85.0 Å². The van der Waals surface area contributed by atoms with Crippen molar-refractivity contribution in [3.05, 3.63) is 108 Å². The zero-order valence-electron chi connectivity index (χ0n) is 25.1. The Morgan fingerprint density at radius 3 is 1.46 bits per heavy atom. The summed E-state index contributed by atoms with van der Waals surface area (Å²) in [5, 5.41) is 0. The second-order valence-electron chi connectivity index (χ2n) is 10.6. The van der Waals surface area contributed by atoms with Gasteiger partial charge in [-0.3, -0.25) is 0 Å². The van der Waals surface area contributed by atoms with Crippen LogP contribution in [0, 0.1) is 0 Å². The Balaban J connectivity index is 1.40. The number of allylic oxidation sites excluding steroid dienone is 4. The van der Waals surface area contributed by atoms with Crippen LogP contribution in [0.25, 0.3) is 0 Å². The van der Waals surface area contributed by atoms with Gasteiger partial charge in [0.25, 0.3) is 0 Å². The average molecular weight is 559 g/mol. The first kappa shape index (κ1) is 30.8. The summed E-state index contributed by atoms with van der Waals surface area (Å²) < 4.78 is 30.3. The topological polar surface area (TPSA) is 46.2 Å². The smallest absolute Gasteiger partial charge is 0.123 e. The highest BCUT2D eigenvalue weighted by Crippen LogP contribution is 2.44. The van der Waals surface area contributed by atoms with Crippen molar-refractivity contribution in [2.24, 2.45) is 0 Å². The summed E-state index contributed by atoms with van der Waals surface area (Å²) >= 11 is 0. The van der Waals surface area contributed by atoms with Crippen LogP contribution in [0.2, 0.25) is 0 Å². The third kappa shape index (κ3) is 6.86. The van der Waals surface area contributed by atoms with Crippen molar-refractivity contribution in [3.63, 3.8) is 0 Å². The van der Waals surface area contributed by atoms with E-state index in [1.165, 1.54) is 0 Å². The molecule has 0 N–H and O–H groups in total. The summed E-state index contributed by atoms with van der Waals surface area (Å²) in [5.41, 5.74) is 1.70. The van der Waals surface area contributed by atoms with Crippen molar-refractivity contribution in [1.29, 1.82) is 0 Å². The normalized spacial score (nSPS) is 25.0. The van der Waals surface area contributed by atoms with Gasteiger partial charge < -0.3 is 23.7 Å². The highest BCUT2D eigenvalue weighted by molar-refractivity contribution is 5.48. The fourth-order valence-corrected chi connectivity index (χ4v) is 6.40. The molecule has 0 radical (unpaired) electrons. The van der Waals surface area contributed by atoms with E-state index in [4.69, 9.17) is 23.7 Å². The van der Waals surface area contributed by atoms with E-state index in [9.17, 15) is 0 Å². The molecule has 5 heteroatoms. The molecule has 4 rings (SSSR count). The summed E-state index contributed by atoms with van der Waals surface area (Å²) in [4.78, 5) is 0. The van der Waals surface area contributed by atoms with Gasteiger partial charge in [-0.1, -0.05) is 85.0 Å². The fraction of sp³-hybridized carbons (Fsp3) is 0.444. The lowest BCUT2D eigenvalue weighted by molar-refractivity contribution is 0.0622. The molecule has 0 aromatic heterocycles. The second-order valence-corrected chi connectivity index (χ2v) is 10.6. The molecular formula is C36H46O5. The van der Waals surface area contributed by atoms with Gasteiger partial charge in [0.2, 0.25) is 0 Å². The molecule has 0 aliphatic heterocycles. The van der Waals surface area contributed by atoms with Gasteiger partial charge in [0.15, 0.2) is 0 Å². The number of hydrogen-bond donors (Lipinski definition) is 0. The molecule has 2 aromatic carbocycles. The Morgan fingerprint density at radius 1 is 0.610 bits per heavy atom. The number of para-hydroxylation sites is 2. The predicted molar refractivity (Wildman–Crippen MR) is 166 cm³/mol. The maximum Gasteiger partial charge on any atom is 0.123 e. The van der Waals surface area contributed by atoms with Crippen molar-refractivity contribution in [3.8, 4) is 11.5 Å². The molecule has 4 atom stereocenters. The molecule has 2 aliphatic rings. The Labute approximate surface area is 246 Å². The van der Waals surface area contributed by atoms with Crippen LogP contribution in [0.15, 0.2) is 97.1 Å². The summed E-state index contributed by atoms with van der Waals surface area (Å²) in [6.07, 6.45) is 20.6. The monoisotopic (exact) mass is 558 g/mol. The molecule has 5 nitrogen and oxygen atoms in total. The van der Waals surface area contributed by atoms with Crippen LogP contribution >= 0.6 is 0 Å². The van der Waals surface area contributed by atoms with E-state index < -0.39 is 0 Å². The lowest BCUT2D eigenvalue weighted by Crippen LogP contribution is -2.40. The van der Waals surface area contributed by atoms with Gasteiger partial charge >= 0.3 is 0 Å². The van der Waals surface area contributed by atoms with Crippen LogP contribution in [-0.4, -0.2) is 52.9 Å². The average Bonchev–Trinajstić information content (AvgIpc) is 3.01. The van der Waals surface area contributed by atoms with Crippen molar-refractivity contribution in [2.75, 3.05) is 40.6 Å². The quantitative estimate of drug-likeness (QED) is 0.199. The van der Waals surface area contributed by atoms with Gasteiger partial charge in [-0.25, -0.2) is 0 Å². The van der Waals surface area contributed by atoms with E-state index in [-0.39, 0.29) is 23.0 Å².